The molecule has 7 heteroatoms. The van der Waals surface area contributed by atoms with Gasteiger partial charge in [-0.25, -0.2) is 4.98 Å². The monoisotopic (exact) mass is 267 g/mol. The molecule has 0 bridgehead atoms. The highest BCUT2D eigenvalue weighted by atomic mass is 16.6. The van der Waals surface area contributed by atoms with Gasteiger partial charge in [0.2, 0.25) is 11.8 Å². The van der Waals surface area contributed by atoms with Gasteiger partial charge in [-0.05, 0) is 26.7 Å². The van der Waals surface area contributed by atoms with Gasteiger partial charge >= 0.3 is 5.69 Å². The second-order valence-corrected chi connectivity index (χ2v) is 4.47. The molecule has 1 aromatic heterocycles. The predicted octanol–water partition coefficient (Wildman–Crippen LogP) is 2.73. The van der Waals surface area contributed by atoms with Gasteiger partial charge in [-0.3, -0.25) is 10.1 Å². The van der Waals surface area contributed by atoms with Crippen molar-refractivity contribution in [3.8, 4) is 0 Å². The van der Waals surface area contributed by atoms with E-state index in [2.05, 4.69) is 20.6 Å². The third kappa shape index (κ3) is 4.04. The number of aromatic nitrogens is 2. The Morgan fingerprint density at radius 1 is 1.37 bits per heavy atom. The Balaban J connectivity index is 3.13. The first-order chi connectivity index (χ1) is 8.99. The average molecular weight is 267 g/mol. The Hall–Kier alpha value is -1.92. The van der Waals surface area contributed by atoms with Gasteiger partial charge in [-0.15, -0.1) is 0 Å². The summed E-state index contributed by atoms with van der Waals surface area (Å²) in [6, 6.07) is 0.118. The van der Waals surface area contributed by atoms with E-state index in [0.29, 0.717) is 11.6 Å². The van der Waals surface area contributed by atoms with Gasteiger partial charge in [0.1, 0.15) is 5.69 Å². The molecule has 1 heterocycles. The van der Waals surface area contributed by atoms with E-state index in [-0.39, 0.29) is 17.5 Å². The molecule has 0 saturated heterocycles. The summed E-state index contributed by atoms with van der Waals surface area (Å²) in [5.41, 5.74) is 0.312. The zero-order valence-corrected chi connectivity index (χ0v) is 11.9. The maximum Gasteiger partial charge on any atom is 0.332 e. The molecule has 19 heavy (non-hydrogen) atoms. The SMILES string of the molecule is CCCNc1nc(C)c([N+](=O)[O-])c(NC(C)CC)n1. The van der Waals surface area contributed by atoms with Crippen molar-refractivity contribution in [2.75, 3.05) is 17.2 Å². The highest BCUT2D eigenvalue weighted by Gasteiger charge is 2.22. The zero-order chi connectivity index (χ0) is 14.4. The minimum atomic E-state index is -0.441. The quantitative estimate of drug-likeness (QED) is 0.583. The van der Waals surface area contributed by atoms with E-state index >= 15 is 0 Å². The van der Waals surface area contributed by atoms with E-state index in [4.69, 9.17) is 0 Å². The molecule has 2 N–H and O–H groups in total. The molecule has 7 nitrogen and oxygen atoms in total. The number of hydrogen-bond acceptors (Lipinski definition) is 6. The molecule has 1 rings (SSSR count). The van der Waals surface area contributed by atoms with Gasteiger partial charge < -0.3 is 10.6 Å². The van der Waals surface area contributed by atoms with Gasteiger partial charge in [0.15, 0.2) is 0 Å². The highest BCUT2D eigenvalue weighted by Crippen LogP contribution is 2.27. The summed E-state index contributed by atoms with van der Waals surface area (Å²) in [5.74, 6) is 0.709. The minimum Gasteiger partial charge on any atom is -0.362 e. The largest absolute Gasteiger partial charge is 0.362 e. The number of rotatable bonds is 7. The topological polar surface area (TPSA) is 93.0 Å². The fraction of sp³-hybridized carbons (Fsp3) is 0.667. The van der Waals surface area contributed by atoms with Gasteiger partial charge in [-0.1, -0.05) is 13.8 Å². The molecule has 1 atom stereocenters. The molecule has 0 saturated carbocycles. The van der Waals surface area contributed by atoms with Crippen molar-refractivity contribution in [3.05, 3.63) is 15.8 Å². The summed E-state index contributed by atoms with van der Waals surface area (Å²) in [4.78, 5) is 19.0. The van der Waals surface area contributed by atoms with Gasteiger partial charge in [0.05, 0.1) is 4.92 Å². The van der Waals surface area contributed by atoms with Crippen LogP contribution in [0.25, 0.3) is 0 Å². The first-order valence-electron chi connectivity index (χ1n) is 6.53. The number of nitrogens with one attached hydrogen (secondary N) is 2. The van der Waals surface area contributed by atoms with Gasteiger partial charge in [0, 0.05) is 12.6 Å². The summed E-state index contributed by atoms with van der Waals surface area (Å²) in [6.45, 7) is 8.36. The summed E-state index contributed by atoms with van der Waals surface area (Å²) >= 11 is 0. The molecule has 0 radical (unpaired) electrons. The van der Waals surface area contributed by atoms with Gasteiger partial charge in [0.25, 0.3) is 0 Å². The van der Waals surface area contributed by atoms with E-state index in [1.807, 2.05) is 20.8 Å². The molecule has 0 aromatic carbocycles. The summed E-state index contributed by atoms with van der Waals surface area (Å²) < 4.78 is 0. The van der Waals surface area contributed by atoms with E-state index < -0.39 is 4.92 Å². The number of anilines is 2. The van der Waals surface area contributed by atoms with Crippen LogP contribution in [0.5, 0.6) is 0 Å². The molecule has 0 aliphatic carbocycles. The van der Waals surface area contributed by atoms with Crippen LogP contribution in [0.15, 0.2) is 0 Å². The second kappa shape index (κ2) is 6.86. The molecule has 1 aromatic rings. The number of aryl methyl sites for hydroxylation is 1. The molecule has 106 valence electrons. The molecule has 1 unspecified atom stereocenters. The molecule has 0 aliphatic heterocycles. The van der Waals surface area contributed by atoms with Crippen LogP contribution in [0.4, 0.5) is 17.5 Å². The molecule has 0 spiro atoms. The maximum atomic E-state index is 11.1. The van der Waals surface area contributed by atoms with Crippen molar-refractivity contribution in [2.45, 2.75) is 46.6 Å². The molecule has 0 fully saturated rings. The van der Waals surface area contributed by atoms with Crippen molar-refractivity contribution in [3.63, 3.8) is 0 Å². The van der Waals surface area contributed by atoms with Crippen molar-refractivity contribution in [2.24, 2.45) is 0 Å². The Labute approximate surface area is 113 Å². The first kappa shape index (κ1) is 15.1. The van der Waals surface area contributed by atoms with E-state index in [1.54, 1.807) is 6.92 Å². The number of hydrogen-bond donors (Lipinski definition) is 2. The fourth-order valence-corrected chi connectivity index (χ4v) is 1.54. The van der Waals surface area contributed by atoms with E-state index in [9.17, 15) is 10.1 Å². The lowest BCUT2D eigenvalue weighted by molar-refractivity contribution is -0.385. The van der Waals surface area contributed by atoms with Crippen molar-refractivity contribution < 1.29 is 4.92 Å². The lowest BCUT2D eigenvalue weighted by Gasteiger charge is -2.14. The van der Waals surface area contributed by atoms with Crippen LogP contribution in [0.1, 0.15) is 39.3 Å². The zero-order valence-electron chi connectivity index (χ0n) is 11.9. The highest BCUT2D eigenvalue weighted by molar-refractivity contribution is 5.61. The summed E-state index contributed by atoms with van der Waals surface area (Å²) in [7, 11) is 0. The molecular weight excluding hydrogens is 246 g/mol. The van der Waals surface area contributed by atoms with E-state index in [0.717, 1.165) is 19.4 Å². The Morgan fingerprint density at radius 2 is 2.05 bits per heavy atom. The Kier molecular flexibility index (Phi) is 5.47. The van der Waals surface area contributed by atoms with Crippen LogP contribution in [0.3, 0.4) is 0 Å². The van der Waals surface area contributed by atoms with Crippen molar-refractivity contribution in [1.29, 1.82) is 0 Å². The normalized spacial score (nSPS) is 12.0. The number of nitrogens with zero attached hydrogens (tertiary/aromatic N) is 3. The number of nitro groups is 1. The van der Waals surface area contributed by atoms with Crippen LogP contribution in [0.2, 0.25) is 0 Å². The molecule has 0 aliphatic rings. The Morgan fingerprint density at radius 3 is 2.58 bits per heavy atom. The maximum absolute atomic E-state index is 11.1. The van der Waals surface area contributed by atoms with Crippen LogP contribution in [-0.2, 0) is 0 Å². The van der Waals surface area contributed by atoms with Crippen molar-refractivity contribution in [1.82, 2.24) is 9.97 Å². The second-order valence-electron chi connectivity index (χ2n) is 4.47. The first-order valence-corrected chi connectivity index (χ1v) is 6.53. The lowest BCUT2D eigenvalue weighted by Crippen LogP contribution is -2.18. The van der Waals surface area contributed by atoms with Crippen molar-refractivity contribution >= 4 is 17.5 Å². The predicted molar refractivity (Wildman–Crippen MR) is 75.6 cm³/mol. The minimum absolute atomic E-state index is 0.0534. The van der Waals surface area contributed by atoms with Crippen LogP contribution < -0.4 is 10.6 Å². The molecular formula is C12H21N5O2. The average Bonchev–Trinajstić information content (AvgIpc) is 2.35. The fourth-order valence-electron chi connectivity index (χ4n) is 1.54. The summed E-state index contributed by atoms with van der Waals surface area (Å²) in [6.07, 6.45) is 1.80. The van der Waals surface area contributed by atoms with Crippen LogP contribution in [-0.4, -0.2) is 27.5 Å². The third-order valence-electron chi connectivity index (χ3n) is 2.77. The van der Waals surface area contributed by atoms with Gasteiger partial charge in [-0.2, -0.15) is 4.98 Å². The van der Waals surface area contributed by atoms with Crippen LogP contribution in [0, 0.1) is 17.0 Å². The Bertz CT molecular complexity index is 450. The third-order valence-corrected chi connectivity index (χ3v) is 2.77. The van der Waals surface area contributed by atoms with Crippen LogP contribution >= 0.6 is 0 Å². The smallest absolute Gasteiger partial charge is 0.332 e. The summed E-state index contributed by atoms with van der Waals surface area (Å²) in [5, 5.41) is 17.2. The molecule has 0 amide bonds. The van der Waals surface area contributed by atoms with E-state index in [1.165, 1.54) is 0 Å². The standard InChI is InChI=1S/C12H21N5O2/c1-5-7-13-12-15-9(4)10(17(18)19)11(16-12)14-8(3)6-2/h8H,5-7H2,1-4H3,(H2,13,14,15,16). The lowest BCUT2D eigenvalue weighted by atomic mass is 10.2.